The van der Waals surface area contributed by atoms with Gasteiger partial charge in [0.15, 0.2) is 0 Å². The van der Waals surface area contributed by atoms with Gasteiger partial charge in [-0.2, -0.15) is 0 Å². The number of nitrogens with two attached hydrogens (primary N) is 1. The highest BCUT2D eigenvalue weighted by Crippen LogP contribution is 2.55. The van der Waals surface area contributed by atoms with E-state index < -0.39 is 11.2 Å². The minimum absolute atomic E-state index is 0.0126. The third-order valence-corrected chi connectivity index (χ3v) is 12.8. The monoisotopic (exact) mass is 704 g/mol. The summed E-state index contributed by atoms with van der Waals surface area (Å²) in [6.07, 6.45) is 7.57. The van der Waals surface area contributed by atoms with Crippen LogP contribution in [0, 0.1) is 41.4 Å². The zero-order valence-corrected chi connectivity index (χ0v) is 31.0. The Morgan fingerprint density at radius 3 is 2.60 bits per heavy atom. The Bertz CT molecular complexity index is 1220. The van der Waals surface area contributed by atoms with Gasteiger partial charge < -0.3 is 45.7 Å². The standard InChI is InChI=1S/C38H64N4O8/c1-6-23(2)35(46)50-37(3,4)38(16-28-13-33(39)41-19-30(28)14-34(45)42-20-25(21-42)18-40-5)17-29-12-26-11-27(10-24(22-44)8-7-9-43)36(47)48-31(26)15-32(29)49-38/h6,24-33,40-41,43-44H,7-22,39H2,1-5H3. The van der Waals surface area contributed by atoms with Crippen molar-refractivity contribution in [2.45, 2.75) is 121 Å². The van der Waals surface area contributed by atoms with Gasteiger partial charge in [-0.05, 0) is 116 Å². The summed E-state index contributed by atoms with van der Waals surface area (Å²) in [5.41, 5.74) is 5.22. The van der Waals surface area contributed by atoms with Gasteiger partial charge >= 0.3 is 11.9 Å². The number of ether oxygens (including phenoxy) is 3. The summed E-state index contributed by atoms with van der Waals surface area (Å²) in [5, 5.41) is 25.8. The van der Waals surface area contributed by atoms with Crippen LogP contribution in [0.5, 0.6) is 0 Å². The molecule has 50 heavy (non-hydrogen) atoms. The van der Waals surface area contributed by atoms with Gasteiger partial charge in [0.2, 0.25) is 5.91 Å². The largest absolute Gasteiger partial charge is 0.462 e. The number of esters is 2. The molecule has 0 spiro atoms. The first kappa shape index (κ1) is 39.1. The number of aliphatic hydroxyl groups excluding tert-OH is 2. The maximum absolute atomic E-state index is 13.5. The number of amides is 1. The van der Waals surface area contributed by atoms with Crippen LogP contribution in [0.2, 0.25) is 0 Å². The number of hydrogen-bond donors (Lipinski definition) is 5. The van der Waals surface area contributed by atoms with Crippen molar-refractivity contribution in [2.24, 2.45) is 47.2 Å². The van der Waals surface area contributed by atoms with Crippen molar-refractivity contribution in [3.8, 4) is 0 Å². The molecular weight excluding hydrogens is 640 g/mol. The molecule has 5 rings (SSSR count). The van der Waals surface area contributed by atoms with E-state index in [1.807, 2.05) is 32.7 Å². The summed E-state index contributed by atoms with van der Waals surface area (Å²) in [6, 6.07) is 0. The van der Waals surface area contributed by atoms with E-state index in [2.05, 4.69) is 10.6 Å². The van der Waals surface area contributed by atoms with Gasteiger partial charge in [-0.25, -0.2) is 4.79 Å². The maximum atomic E-state index is 13.5. The second-order valence-corrected chi connectivity index (χ2v) is 16.7. The molecule has 12 heteroatoms. The lowest BCUT2D eigenvalue weighted by molar-refractivity contribution is -0.208. The molecule has 0 radical (unpaired) electrons. The Morgan fingerprint density at radius 2 is 1.92 bits per heavy atom. The van der Waals surface area contributed by atoms with Gasteiger partial charge in [0.05, 0.1) is 18.2 Å². The van der Waals surface area contributed by atoms with Crippen molar-refractivity contribution < 1.29 is 38.8 Å². The van der Waals surface area contributed by atoms with Gasteiger partial charge in [-0.3, -0.25) is 9.59 Å². The first-order chi connectivity index (χ1) is 23.8. The van der Waals surface area contributed by atoms with Crippen molar-refractivity contribution in [1.29, 1.82) is 0 Å². The van der Waals surface area contributed by atoms with Crippen LogP contribution in [0.3, 0.4) is 0 Å². The smallest absolute Gasteiger partial charge is 0.334 e. The van der Waals surface area contributed by atoms with E-state index in [1.54, 1.807) is 13.0 Å². The van der Waals surface area contributed by atoms with Crippen molar-refractivity contribution in [2.75, 3.05) is 46.4 Å². The van der Waals surface area contributed by atoms with Crippen molar-refractivity contribution >= 4 is 17.8 Å². The molecule has 5 fully saturated rings. The van der Waals surface area contributed by atoms with Crippen LogP contribution in [-0.4, -0.2) is 109 Å². The molecule has 1 saturated carbocycles. The summed E-state index contributed by atoms with van der Waals surface area (Å²) >= 11 is 0. The van der Waals surface area contributed by atoms with E-state index >= 15 is 0 Å². The predicted octanol–water partition coefficient (Wildman–Crippen LogP) is 2.50. The fourth-order valence-corrected chi connectivity index (χ4v) is 9.60. The second-order valence-electron chi connectivity index (χ2n) is 16.7. The number of nitrogens with zero attached hydrogens (tertiary/aromatic N) is 1. The first-order valence-electron chi connectivity index (χ1n) is 19.2. The Morgan fingerprint density at radius 1 is 1.16 bits per heavy atom. The summed E-state index contributed by atoms with van der Waals surface area (Å²) in [5.74, 6) is 0.292. The summed E-state index contributed by atoms with van der Waals surface area (Å²) in [7, 11) is 1.94. The normalized spacial score (nSPS) is 35.5. The molecule has 10 atom stereocenters. The van der Waals surface area contributed by atoms with Crippen molar-refractivity contribution in [3.63, 3.8) is 0 Å². The highest BCUT2D eigenvalue weighted by Gasteiger charge is 2.61. The van der Waals surface area contributed by atoms with Gasteiger partial charge in [0, 0.05) is 63.7 Å². The van der Waals surface area contributed by atoms with Gasteiger partial charge in [0.25, 0.3) is 0 Å². The molecule has 0 aromatic carbocycles. The fraction of sp³-hybridized carbons (Fsp3) is 0.868. The topological polar surface area (TPSA) is 173 Å². The number of carbonyl (C=O) groups excluding carboxylic acids is 3. The van der Waals surface area contributed by atoms with Crippen LogP contribution in [-0.2, 0) is 28.6 Å². The minimum atomic E-state index is -0.988. The lowest BCUT2D eigenvalue weighted by atomic mass is 9.66. The van der Waals surface area contributed by atoms with E-state index in [0.717, 1.165) is 26.1 Å². The molecule has 0 bridgehead atoms. The van der Waals surface area contributed by atoms with Crippen LogP contribution in [0.1, 0.15) is 91.9 Å². The number of carbonyl (C=O) groups is 3. The predicted molar refractivity (Wildman–Crippen MR) is 188 cm³/mol. The molecule has 0 aromatic heterocycles. The highest BCUT2D eigenvalue weighted by atomic mass is 16.6. The molecule has 1 aliphatic carbocycles. The number of aliphatic hydroxyl groups is 2. The lowest BCUT2D eigenvalue weighted by Gasteiger charge is -2.48. The van der Waals surface area contributed by atoms with E-state index in [-0.39, 0.29) is 84.9 Å². The summed E-state index contributed by atoms with van der Waals surface area (Å²) in [4.78, 5) is 41.9. The molecule has 284 valence electrons. The number of fused-ring (bicyclic) bond motifs is 2. The van der Waals surface area contributed by atoms with Crippen LogP contribution < -0.4 is 16.4 Å². The zero-order chi connectivity index (χ0) is 36.2. The Kier molecular flexibility index (Phi) is 13.1. The molecule has 6 N–H and O–H groups in total. The molecule has 4 aliphatic heterocycles. The van der Waals surface area contributed by atoms with E-state index in [4.69, 9.17) is 19.9 Å². The number of rotatable bonds is 15. The first-order valence-corrected chi connectivity index (χ1v) is 19.2. The quantitative estimate of drug-likeness (QED) is 0.125. The summed E-state index contributed by atoms with van der Waals surface area (Å²) in [6.45, 7) is 10.7. The number of hydrogen-bond acceptors (Lipinski definition) is 11. The van der Waals surface area contributed by atoms with E-state index in [0.29, 0.717) is 75.8 Å². The van der Waals surface area contributed by atoms with Crippen LogP contribution in [0.25, 0.3) is 0 Å². The van der Waals surface area contributed by atoms with Crippen LogP contribution >= 0.6 is 0 Å². The second kappa shape index (κ2) is 16.7. The Hall–Kier alpha value is -2.09. The van der Waals surface area contributed by atoms with Gasteiger partial charge in [-0.15, -0.1) is 0 Å². The van der Waals surface area contributed by atoms with Crippen LogP contribution in [0.15, 0.2) is 11.6 Å². The number of piperidine rings is 1. The van der Waals surface area contributed by atoms with Gasteiger partial charge in [-0.1, -0.05) is 6.08 Å². The van der Waals surface area contributed by atoms with Crippen molar-refractivity contribution in [1.82, 2.24) is 15.5 Å². The molecule has 0 aromatic rings. The zero-order valence-electron chi connectivity index (χ0n) is 31.0. The Labute approximate surface area is 298 Å². The average Bonchev–Trinajstić information content (AvgIpc) is 3.42. The number of allylic oxidation sites excluding steroid dienone is 1. The SMILES string of the molecule is CC=C(C)C(=O)OC(C)(C)C1(CC2CC(N)NCC2CC(=O)N2CC(CNC)C2)CC2CC3CC(CC(CO)CCCO)C(=O)OC3CC2O1. The number of nitrogens with one attached hydrogen (secondary N) is 2. The molecule has 12 nitrogen and oxygen atoms in total. The van der Waals surface area contributed by atoms with E-state index in [9.17, 15) is 24.6 Å². The maximum Gasteiger partial charge on any atom is 0.334 e. The van der Waals surface area contributed by atoms with E-state index in [1.165, 1.54) is 0 Å². The third-order valence-electron chi connectivity index (χ3n) is 12.8. The molecule has 4 saturated heterocycles. The van der Waals surface area contributed by atoms with Gasteiger partial charge in [0.1, 0.15) is 17.3 Å². The molecule has 10 unspecified atom stereocenters. The highest BCUT2D eigenvalue weighted by molar-refractivity contribution is 5.88. The molecule has 5 aliphatic rings. The fourth-order valence-electron chi connectivity index (χ4n) is 9.60. The minimum Gasteiger partial charge on any atom is -0.462 e. The average molecular weight is 705 g/mol. The third kappa shape index (κ3) is 8.74. The van der Waals surface area contributed by atoms with Crippen LogP contribution in [0.4, 0.5) is 0 Å². The summed E-state index contributed by atoms with van der Waals surface area (Å²) < 4.78 is 19.6. The lowest BCUT2D eigenvalue weighted by Crippen LogP contribution is -2.58. The number of likely N-dealkylation sites (tertiary alicyclic amines) is 1. The molecule has 4 heterocycles. The molecular formula is C38H64N4O8. The molecule has 1 amide bonds. The Balaban J connectivity index is 1.35. The van der Waals surface area contributed by atoms with Crippen molar-refractivity contribution in [3.05, 3.63) is 11.6 Å².